The predicted molar refractivity (Wildman–Crippen MR) is 115 cm³/mol. The van der Waals surface area contributed by atoms with Crippen molar-refractivity contribution in [1.82, 2.24) is 0 Å². The molecule has 0 spiro atoms. The highest BCUT2D eigenvalue weighted by atomic mass is 19.4. The van der Waals surface area contributed by atoms with Gasteiger partial charge in [-0.15, -0.1) is 0 Å². The molecule has 0 aliphatic carbocycles. The normalized spacial score (nSPS) is 11.6. The molecule has 8 heteroatoms. The molecule has 0 aliphatic rings. The van der Waals surface area contributed by atoms with Crippen molar-refractivity contribution < 1.29 is 35.5 Å². The summed E-state index contributed by atoms with van der Waals surface area (Å²) in [5.41, 5.74) is -1.62. The van der Waals surface area contributed by atoms with Gasteiger partial charge in [0.05, 0.1) is 11.1 Å². The molecular formula is C26H15F7O. The summed E-state index contributed by atoms with van der Waals surface area (Å²) >= 11 is 0. The average Bonchev–Trinajstić information content (AvgIpc) is 2.76. The van der Waals surface area contributed by atoms with Crippen LogP contribution in [0, 0.1) is 23.3 Å². The van der Waals surface area contributed by atoms with Crippen LogP contribution >= 0.6 is 0 Å². The van der Waals surface area contributed by atoms with Crippen LogP contribution in [0.4, 0.5) is 30.7 Å². The molecule has 0 atom stereocenters. The maximum Gasteiger partial charge on any atom is 0.419 e. The Hall–Kier alpha value is -3.81. The molecule has 0 saturated heterocycles. The SMILES string of the molecule is C=CCOc1cc(F)c(-c2ccc(-c3ccc4c(F)c(C(F)(F)F)ccc4c3)c(F)c2)c(F)c1. The summed E-state index contributed by atoms with van der Waals surface area (Å²) in [5.74, 6) is -4.19. The van der Waals surface area contributed by atoms with E-state index in [1.165, 1.54) is 30.3 Å². The van der Waals surface area contributed by atoms with Gasteiger partial charge in [-0.1, -0.05) is 43.0 Å². The molecule has 0 saturated carbocycles. The molecule has 4 rings (SSSR count). The van der Waals surface area contributed by atoms with Gasteiger partial charge in [0.25, 0.3) is 0 Å². The van der Waals surface area contributed by atoms with Gasteiger partial charge in [-0.05, 0) is 34.7 Å². The summed E-state index contributed by atoms with van der Waals surface area (Å²) < 4.78 is 102. The van der Waals surface area contributed by atoms with Crippen molar-refractivity contribution in [3.63, 3.8) is 0 Å². The molecule has 0 aromatic heterocycles. The number of hydrogen-bond acceptors (Lipinski definition) is 1. The fourth-order valence-electron chi connectivity index (χ4n) is 3.65. The lowest BCUT2D eigenvalue weighted by molar-refractivity contribution is -0.139. The number of alkyl halides is 3. The van der Waals surface area contributed by atoms with E-state index in [9.17, 15) is 30.7 Å². The van der Waals surface area contributed by atoms with Gasteiger partial charge in [0, 0.05) is 23.1 Å². The van der Waals surface area contributed by atoms with E-state index < -0.39 is 40.6 Å². The van der Waals surface area contributed by atoms with Gasteiger partial charge >= 0.3 is 6.18 Å². The van der Waals surface area contributed by atoms with Crippen molar-refractivity contribution in [2.75, 3.05) is 6.61 Å². The van der Waals surface area contributed by atoms with Gasteiger partial charge in [-0.3, -0.25) is 0 Å². The zero-order chi connectivity index (χ0) is 24.6. The van der Waals surface area contributed by atoms with Crippen LogP contribution in [-0.2, 0) is 6.18 Å². The fraction of sp³-hybridized carbons (Fsp3) is 0.0769. The highest BCUT2D eigenvalue weighted by Crippen LogP contribution is 2.37. The summed E-state index contributed by atoms with van der Waals surface area (Å²) in [7, 11) is 0. The molecule has 174 valence electrons. The van der Waals surface area contributed by atoms with Gasteiger partial charge in [-0.2, -0.15) is 13.2 Å². The second-order valence-electron chi connectivity index (χ2n) is 7.42. The van der Waals surface area contributed by atoms with E-state index in [4.69, 9.17) is 4.74 Å². The van der Waals surface area contributed by atoms with Crippen LogP contribution in [0.1, 0.15) is 5.56 Å². The van der Waals surface area contributed by atoms with E-state index in [2.05, 4.69) is 6.58 Å². The Balaban J connectivity index is 1.72. The molecule has 0 N–H and O–H groups in total. The minimum absolute atomic E-state index is 0.0257. The van der Waals surface area contributed by atoms with E-state index in [1.54, 1.807) is 0 Å². The smallest absolute Gasteiger partial charge is 0.419 e. The first-order valence-electron chi connectivity index (χ1n) is 9.92. The Morgan fingerprint density at radius 1 is 0.765 bits per heavy atom. The first kappa shape index (κ1) is 23.4. The Kier molecular flexibility index (Phi) is 6.08. The standard InChI is InChI=1S/C26H15F7O/c1-2-9-34-17-12-22(28)24(23(29)13-17)16-4-6-18(21(27)11-16)14-3-7-19-15(10-14)5-8-20(25(19)30)26(31,32)33/h2-8,10-13H,1,9H2. The van der Waals surface area contributed by atoms with Crippen molar-refractivity contribution in [1.29, 1.82) is 0 Å². The quantitative estimate of drug-likeness (QED) is 0.208. The van der Waals surface area contributed by atoms with E-state index in [-0.39, 0.29) is 39.8 Å². The maximum absolute atomic E-state index is 14.9. The summed E-state index contributed by atoms with van der Waals surface area (Å²) in [6, 6.07) is 10.9. The first-order chi connectivity index (χ1) is 16.1. The number of hydrogen-bond donors (Lipinski definition) is 0. The van der Waals surface area contributed by atoms with E-state index in [1.807, 2.05) is 0 Å². The maximum atomic E-state index is 14.9. The van der Waals surface area contributed by atoms with Crippen LogP contribution in [-0.4, -0.2) is 6.61 Å². The van der Waals surface area contributed by atoms with Crippen molar-refractivity contribution in [3.05, 3.63) is 102 Å². The molecule has 0 amide bonds. The van der Waals surface area contributed by atoms with E-state index in [0.717, 1.165) is 30.3 Å². The average molecular weight is 476 g/mol. The summed E-state index contributed by atoms with van der Waals surface area (Å²) in [5, 5.41) is -0.128. The van der Waals surface area contributed by atoms with Crippen molar-refractivity contribution in [2.24, 2.45) is 0 Å². The summed E-state index contributed by atoms with van der Waals surface area (Å²) in [6.45, 7) is 3.50. The lowest BCUT2D eigenvalue weighted by Gasteiger charge is -2.12. The zero-order valence-corrected chi connectivity index (χ0v) is 17.3. The molecule has 0 unspecified atom stereocenters. The molecule has 0 heterocycles. The molecule has 4 aromatic rings. The Morgan fingerprint density at radius 2 is 1.44 bits per heavy atom. The third-order valence-electron chi connectivity index (χ3n) is 5.21. The Bertz CT molecular complexity index is 1380. The lowest BCUT2D eigenvalue weighted by atomic mass is 9.96. The number of halogens is 7. The minimum atomic E-state index is -4.85. The highest BCUT2D eigenvalue weighted by molar-refractivity contribution is 5.89. The van der Waals surface area contributed by atoms with Crippen LogP contribution in [0.2, 0.25) is 0 Å². The first-order valence-corrected chi connectivity index (χ1v) is 9.92. The molecule has 4 aromatic carbocycles. The predicted octanol–water partition coefficient (Wildman–Crippen LogP) is 8.31. The van der Waals surface area contributed by atoms with Crippen LogP contribution < -0.4 is 4.74 Å². The van der Waals surface area contributed by atoms with Gasteiger partial charge < -0.3 is 4.74 Å². The van der Waals surface area contributed by atoms with Gasteiger partial charge in [0.15, 0.2) is 0 Å². The zero-order valence-electron chi connectivity index (χ0n) is 17.3. The van der Waals surface area contributed by atoms with Gasteiger partial charge in [-0.25, -0.2) is 17.6 Å². The number of benzene rings is 4. The van der Waals surface area contributed by atoms with E-state index in [0.29, 0.717) is 6.07 Å². The minimum Gasteiger partial charge on any atom is -0.489 e. The largest absolute Gasteiger partial charge is 0.489 e. The third kappa shape index (κ3) is 4.35. The lowest BCUT2D eigenvalue weighted by Crippen LogP contribution is -2.08. The van der Waals surface area contributed by atoms with Crippen molar-refractivity contribution >= 4 is 10.8 Å². The van der Waals surface area contributed by atoms with Crippen LogP contribution in [0.5, 0.6) is 5.75 Å². The van der Waals surface area contributed by atoms with Gasteiger partial charge in [0.1, 0.15) is 35.6 Å². The second kappa shape index (κ2) is 8.85. The summed E-state index contributed by atoms with van der Waals surface area (Å²) in [4.78, 5) is 0. The number of rotatable bonds is 5. The topological polar surface area (TPSA) is 9.23 Å². The second-order valence-corrected chi connectivity index (χ2v) is 7.42. The van der Waals surface area contributed by atoms with E-state index >= 15 is 0 Å². The van der Waals surface area contributed by atoms with Crippen molar-refractivity contribution in [2.45, 2.75) is 6.18 Å². The fourth-order valence-corrected chi connectivity index (χ4v) is 3.65. The monoisotopic (exact) mass is 476 g/mol. The van der Waals surface area contributed by atoms with Gasteiger partial charge in [0.2, 0.25) is 0 Å². The molecule has 1 nitrogen and oxygen atoms in total. The van der Waals surface area contributed by atoms with Crippen LogP contribution in [0.15, 0.2) is 73.3 Å². The molecule has 0 radical (unpaired) electrons. The Labute approximate surface area is 189 Å². The Morgan fingerprint density at radius 3 is 2.06 bits per heavy atom. The third-order valence-corrected chi connectivity index (χ3v) is 5.21. The molecule has 0 fully saturated rings. The molecule has 0 aliphatic heterocycles. The molecular weight excluding hydrogens is 461 g/mol. The number of fused-ring (bicyclic) bond motifs is 1. The summed E-state index contributed by atoms with van der Waals surface area (Å²) in [6.07, 6.45) is -3.44. The van der Waals surface area contributed by atoms with Crippen LogP contribution in [0.25, 0.3) is 33.0 Å². The van der Waals surface area contributed by atoms with Crippen LogP contribution in [0.3, 0.4) is 0 Å². The number of ether oxygens (including phenoxy) is 1. The molecule has 0 bridgehead atoms. The highest BCUT2D eigenvalue weighted by Gasteiger charge is 2.34. The van der Waals surface area contributed by atoms with Crippen molar-refractivity contribution in [3.8, 4) is 28.0 Å². The molecule has 34 heavy (non-hydrogen) atoms.